The third kappa shape index (κ3) is 5.97. The van der Waals surface area contributed by atoms with Gasteiger partial charge in [-0.25, -0.2) is 0 Å². The Balaban J connectivity index is 0.00000261. The third-order valence-electron chi connectivity index (χ3n) is 4.14. The van der Waals surface area contributed by atoms with Gasteiger partial charge in [0.1, 0.15) is 0 Å². The Morgan fingerprint density at radius 3 is 2.67 bits per heavy atom. The van der Waals surface area contributed by atoms with Crippen molar-refractivity contribution in [2.45, 2.75) is 19.4 Å². The maximum absolute atomic E-state index is 6.09. The van der Waals surface area contributed by atoms with E-state index in [1.807, 2.05) is 53.3 Å². The molecule has 1 atom stereocenters. The van der Waals surface area contributed by atoms with Crippen molar-refractivity contribution in [3.8, 4) is 0 Å². The molecule has 0 saturated heterocycles. The predicted molar refractivity (Wildman–Crippen MR) is 123 cm³/mol. The lowest BCUT2D eigenvalue weighted by molar-refractivity contribution is 0.533. The van der Waals surface area contributed by atoms with Gasteiger partial charge in [0.2, 0.25) is 0 Å². The van der Waals surface area contributed by atoms with Gasteiger partial charge in [-0.3, -0.25) is 9.67 Å². The van der Waals surface area contributed by atoms with Gasteiger partial charge < -0.3 is 11.1 Å². The fourth-order valence-corrected chi connectivity index (χ4v) is 2.86. The summed E-state index contributed by atoms with van der Waals surface area (Å²) in [6.45, 7) is 2.59. The second kappa shape index (κ2) is 10.3. The summed E-state index contributed by atoms with van der Waals surface area (Å²) >= 11 is 6.00. The molecule has 3 rings (SSSR count). The average Bonchev–Trinajstić information content (AvgIpc) is 3.18. The molecule has 1 aromatic heterocycles. The first-order valence-electron chi connectivity index (χ1n) is 8.56. The smallest absolute Gasteiger partial charge is 0.193 e. The van der Waals surface area contributed by atoms with Gasteiger partial charge in [-0.15, -0.1) is 24.0 Å². The van der Waals surface area contributed by atoms with E-state index in [0.29, 0.717) is 17.5 Å². The molecule has 0 aliphatic carbocycles. The molecule has 27 heavy (non-hydrogen) atoms. The molecule has 3 N–H and O–H groups in total. The molecule has 0 aliphatic rings. The molecule has 7 heteroatoms. The van der Waals surface area contributed by atoms with E-state index in [1.165, 1.54) is 5.56 Å². The van der Waals surface area contributed by atoms with Crippen molar-refractivity contribution in [2.24, 2.45) is 10.7 Å². The predicted octanol–water partition coefficient (Wildman–Crippen LogP) is 4.73. The number of rotatable bonds is 6. The highest BCUT2D eigenvalue weighted by molar-refractivity contribution is 14.0. The number of nitrogens with zero attached hydrogens (tertiary/aromatic N) is 3. The van der Waals surface area contributed by atoms with Crippen LogP contribution in [-0.2, 0) is 6.42 Å². The van der Waals surface area contributed by atoms with Crippen LogP contribution >= 0.6 is 35.6 Å². The van der Waals surface area contributed by atoms with E-state index in [0.717, 1.165) is 17.7 Å². The lowest BCUT2D eigenvalue weighted by atomic mass is 10.1. The van der Waals surface area contributed by atoms with Crippen LogP contribution in [0.25, 0.3) is 0 Å². The molecule has 0 fully saturated rings. The van der Waals surface area contributed by atoms with E-state index in [2.05, 4.69) is 34.5 Å². The number of nitrogens with one attached hydrogen (secondary N) is 1. The summed E-state index contributed by atoms with van der Waals surface area (Å²) in [5.74, 6) is 0.379. The molecule has 0 bridgehead atoms. The van der Waals surface area contributed by atoms with E-state index < -0.39 is 0 Å². The van der Waals surface area contributed by atoms with Crippen molar-refractivity contribution < 1.29 is 0 Å². The Labute approximate surface area is 181 Å². The van der Waals surface area contributed by atoms with E-state index in [1.54, 1.807) is 6.20 Å². The van der Waals surface area contributed by atoms with Gasteiger partial charge in [-0.05, 0) is 47.9 Å². The third-order valence-corrected chi connectivity index (χ3v) is 4.39. The van der Waals surface area contributed by atoms with Gasteiger partial charge in [0.25, 0.3) is 0 Å². The minimum atomic E-state index is -0.0513. The second-order valence-corrected chi connectivity index (χ2v) is 6.39. The molecule has 3 aromatic rings. The van der Waals surface area contributed by atoms with Crippen LogP contribution in [0.2, 0.25) is 5.02 Å². The van der Waals surface area contributed by atoms with Crippen LogP contribution in [-0.4, -0.2) is 22.3 Å². The molecule has 0 aliphatic heterocycles. The average molecular weight is 496 g/mol. The number of halogens is 2. The Kier molecular flexibility index (Phi) is 8.12. The van der Waals surface area contributed by atoms with Crippen LogP contribution in [0.4, 0.5) is 5.69 Å². The Morgan fingerprint density at radius 1 is 1.22 bits per heavy atom. The van der Waals surface area contributed by atoms with E-state index in [9.17, 15) is 0 Å². The van der Waals surface area contributed by atoms with E-state index in [-0.39, 0.29) is 30.0 Å². The van der Waals surface area contributed by atoms with Gasteiger partial charge >= 0.3 is 0 Å². The van der Waals surface area contributed by atoms with Crippen LogP contribution in [0, 0.1) is 0 Å². The molecule has 0 radical (unpaired) electrons. The largest absolute Gasteiger partial charge is 0.370 e. The van der Waals surface area contributed by atoms with Gasteiger partial charge in [-0.1, -0.05) is 42.8 Å². The highest BCUT2D eigenvalue weighted by atomic mass is 127. The standard InChI is InChI=1S/C20H22ClN5.HI/c1-2-15-5-3-6-18(13-15)25-20(22)23-14-19(26-12-4-11-24-26)16-7-9-17(21)10-8-16;/h3-13,19H,2,14H2,1H3,(H3,22,23,25);1H. The van der Waals surface area contributed by atoms with Gasteiger partial charge in [0.15, 0.2) is 5.96 Å². The molecular weight excluding hydrogens is 473 g/mol. The number of hydrogen-bond donors (Lipinski definition) is 2. The number of benzene rings is 2. The van der Waals surface area contributed by atoms with Crippen molar-refractivity contribution in [3.05, 3.63) is 83.1 Å². The summed E-state index contributed by atoms with van der Waals surface area (Å²) in [6, 6.07) is 17.7. The van der Waals surface area contributed by atoms with Crippen molar-refractivity contribution >= 4 is 47.2 Å². The first kappa shape index (κ1) is 21.2. The monoisotopic (exact) mass is 495 g/mol. The fraction of sp³-hybridized carbons (Fsp3) is 0.200. The van der Waals surface area contributed by atoms with Crippen molar-refractivity contribution in [3.63, 3.8) is 0 Å². The van der Waals surface area contributed by atoms with Crippen LogP contribution in [0.3, 0.4) is 0 Å². The van der Waals surface area contributed by atoms with Crippen LogP contribution in [0.1, 0.15) is 24.1 Å². The first-order chi connectivity index (χ1) is 12.7. The highest BCUT2D eigenvalue weighted by Crippen LogP contribution is 2.20. The summed E-state index contributed by atoms with van der Waals surface area (Å²) in [7, 11) is 0. The van der Waals surface area contributed by atoms with Gasteiger partial charge in [-0.2, -0.15) is 5.10 Å². The number of aliphatic imine (C=N–C) groups is 1. The lowest BCUT2D eigenvalue weighted by Gasteiger charge is -2.17. The highest BCUT2D eigenvalue weighted by Gasteiger charge is 2.14. The quantitative estimate of drug-likeness (QED) is 0.295. The maximum Gasteiger partial charge on any atom is 0.193 e. The second-order valence-electron chi connectivity index (χ2n) is 5.96. The number of hydrogen-bond acceptors (Lipinski definition) is 2. The number of nitrogens with two attached hydrogens (primary N) is 1. The zero-order valence-corrected chi connectivity index (χ0v) is 18.1. The molecule has 1 heterocycles. The van der Waals surface area contributed by atoms with E-state index in [4.69, 9.17) is 17.3 Å². The van der Waals surface area contributed by atoms with Crippen molar-refractivity contribution in [2.75, 3.05) is 11.9 Å². The number of guanidine groups is 1. The van der Waals surface area contributed by atoms with Gasteiger partial charge in [0.05, 0.1) is 12.6 Å². The summed E-state index contributed by atoms with van der Waals surface area (Å²) in [5.41, 5.74) is 9.35. The topological polar surface area (TPSA) is 68.2 Å². The van der Waals surface area contributed by atoms with Gasteiger partial charge in [0, 0.05) is 23.1 Å². The molecule has 0 amide bonds. The Hall–Kier alpha value is -2.06. The van der Waals surface area contributed by atoms with E-state index >= 15 is 0 Å². The number of anilines is 1. The Morgan fingerprint density at radius 2 is 2.00 bits per heavy atom. The summed E-state index contributed by atoms with van der Waals surface area (Å²) in [6.07, 6.45) is 4.65. The van der Waals surface area contributed by atoms with Crippen LogP contribution in [0.5, 0.6) is 0 Å². The first-order valence-corrected chi connectivity index (χ1v) is 8.94. The van der Waals surface area contributed by atoms with Crippen LogP contribution < -0.4 is 11.1 Å². The minimum absolute atomic E-state index is 0. The minimum Gasteiger partial charge on any atom is -0.370 e. The molecule has 0 spiro atoms. The summed E-state index contributed by atoms with van der Waals surface area (Å²) in [5, 5.41) is 8.21. The molecule has 2 aromatic carbocycles. The normalized spacial score (nSPS) is 12.3. The molecule has 1 unspecified atom stereocenters. The maximum atomic E-state index is 6.09. The van der Waals surface area contributed by atoms with Crippen molar-refractivity contribution in [1.29, 1.82) is 0 Å². The van der Waals surface area contributed by atoms with Crippen LogP contribution in [0.15, 0.2) is 72.0 Å². The zero-order chi connectivity index (χ0) is 18.4. The van der Waals surface area contributed by atoms with Crippen molar-refractivity contribution in [1.82, 2.24) is 9.78 Å². The number of aryl methyl sites for hydroxylation is 1. The summed E-state index contributed by atoms with van der Waals surface area (Å²) < 4.78 is 1.87. The molecule has 142 valence electrons. The summed E-state index contributed by atoms with van der Waals surface area (Å²) in [4.78, 5) is 4.52. The molecular formula is C20H23ClIN5. The number of aromatic nitrogens is 2. The zero-order valence-electron chi connectivity index (χ0n) is 15.0. The lowest BCUT2D eigenvalue weighted by Crippen LogP contribution is -2.25. The fourth-order valence-electron chi connectivity index (χ4n) is 2.73. The Bertz CT molecular complexity index is 862. The molecule has 0 saturated carbocycles. The SMILES string of the molecule is CCc1cccc(NC(N)=NCC(c2ccc(Cl)cc2)n2cccn2)c1.I. The molecule has 5 nitrogen and oxygen atoms in total.